The van der Waals surface area contributed by atoms with Gasteiger partial charge in [-0.15, -0.1) is 0 Å². The molecule has 0 fully saturated rings. The van der Waals surface area contributed by atoms with Crippen LogP contribution in [-0.4, -0.2) is 26.2 Å². The molecule has 0 saturated heterocycles. The van der Waals surface area contributed by atoms with Crippen molar-refractivity contribution in [3.63, 3.8) is 0 Å². The highest BCUT2D eigenvalue weighted by molar-refractivity contribution is 5.92. The fraction of sp³-hybridized carbons (Fsp3) is 0.389. The van der Waals surface area contributed by atoms with E-state index < -0.39 is 0 Å². The van der Waals surface area contributed by atoms with Crippen molar-refractivity contribution in [2.75, 3.05) is 11.1 Å². The van der Waals surface area contributed by atoms with Gasteiger partial charge in [0.2, 0.25) is 5.95 Å². The molecule has 0 bridgehead atoms. The number of hydrogen-bond donors (Lipinski definition) is 3. The number of unbranched alkanes of at least 4 members (excludes halogenated alkanes) is 1. The van der Waals surface area contributed by atoms with Crippen LogP contribution in [0, 0.1) is 0 Å². The van der Waals surface area contributed by atoms with Crippen molar-refractivity contribution in [1.29, 1.82) is 0 Å². The maximum atomic E-state index is 5.93. The third kappa shape index (κ3) is 3.48. The Kier molecular flexibility index (Phi) is 4.93. The molecule has 2 heterocycles. The second-order valence-electron chi connectivity index (χ2n) is 6.02. The Labute approximate surface area is 141 Å². The minimum absolute atomic E-state index is 0.289. The van der Waals surface area contributed by atoms with Crippen LogP contribution in [0.15, 0.2) is 30.5 Å². The molecule has 24 heavy (non-hydrogen) atoms. The fourth-order valence-electron chi connectivity index (χ4n) is 2.86. The number of anilines is 2. The average Bonchev–Trinajstić information content (AvgIpc) is 3.12. The summed E-state index contributed by atoms with van der Waals surface area (Å²) in [6.45, 7) is 4.40. The largest absolute Gasteiger partial charge is 0.368 e. The molecule has 0 radical (unpaired) electrons. The predicted molar refractivity (Wildman–Crippen MR) is 98.8 cm³/mol. The Morgan fingerprint density at radius 3 is 2.79 bits per heavy atom. The summed E-state index contributed by atoms with van der Waals surface area (Å²) < 4.78 is 0. The van der Waals surface area contributed by atoms with Gasteiger partial charge in [-0.05, 0) is 31.0 Å². The topological polar surface area (TPSA) is 92.5 Å². The molecular formula is C18H24N6. The Hall–Kier alpha value is -2.63. The van der Waals surface area contributed by atoms with Gasteiger partial charge in [-0.3, -0.25) is 5.10 Å². The smallest absolute Gasteiger partial charge is 0.222 e. The predicted octanol–water partition coefficient (Wildman–Crippen LogP) is 3.98. The van der Waals surface area contributed by atoms with Crippen molar-refractivity contribution in [3.8, 4) is 11.3 Å². The number of benzene rings is 1. The van der Waals surface area contributed by atoms with Crippen LogP contribution < -0.4 is 11.1 Å². The van der Waals surface area contributed by atoms with E-state index in [9.17, 15) is 0 Å². The monoisotopic (exact) mass is 324 g/mol. The second kappa shape index (κ2) is 7.29. The van der Waals surface area contributed by atoms with Crippen molar-refractivity contribution in [3.05, 3.63) is 30.5 Å². The molecule has 6 nitrogen and oxygen atoms in total. The van der Waals surface area contributed by atoms with E-state index in [-0.39, 0.29) is 5.95 Å². The van der Waals surface area contributed by atoms with Crippen molar-refractivity contribution >= 4 is 22.7 Å². The van der Waals surface area contributed by atoms with Gasteiger partial charge >= 0.3 is 0 Å². The van der Waals surface area contributed by atoms with Crippen molar-refractivity contribution < 1.29 is 0 Å². The van der Waals surface area contributed by atoms with Crippen molar-refractivity contribution in [1.82, 2.24) is 20.2 Å². The normalized spacial score (nSPS) is 12.4. The van der Waals surface area contributed by atoms with Crippen LogP contribution in [0.4, 0.5) is 11.8 Å². The van der Waals surface area contributed by atoms with Gasteiger partial charge in [0.25, 0.3) is 0 Å². The highest BCUT2D eigenvalue weighted by Crippen LogP contribution is 2.27. The van der Waals surface area contributed by atoms with E-state index >= 15 is 0 Å². The lowest BCUT2D eigenvalue weighted by Gasteiger charge is -2.18. The first-order chi connectivity index (χ1) is 11.7. The van der Waals surface area contributed by atoms with Gasteiger partial charge in [0, 0.05) is 23.2 Å². The van der Waals surface area contributed by atoms with Crippen LogP contribution in [-0.2, 0) is 0 Å². The van der Waals surface area contributed by atoms with Crippen LogP contribution in [0.25, 0.3) is 22.2 Å². The molecule has 2 aromatic heterocycles. The lowest BCUT2D eigenvalue weighted by atomic mass is 10.1. The summed E-state index contributed by atoms with van der Waals surface area (Å²) in [5, 5.41) is 11.5. The van der Waals surface area contributed by atoms with E-state index in [0.29, 0.717) is 6.04 Å². The first-order valence-electron chi connectivity index (χ1n) is 8.54. The number of hydrogen-bond acceptors (Lipinski definition) is 5. The molecule has 0 aliphatic heterocycles. The zero-order chi connectivity index (χ0) is 16.9. The molecule has 0 amide bonds. The van der Waals surface area contributed by atoms with Gasteiger partial charge < -0.3 is 11.1 Å². The van der Waals surface area contributed by atoms with E-state index in [0.717, 1.165) is 40.8 Å². The lowest BCUT2D eigenvalue weighted by molar-refractivity contribution is 0.592. The Bertz CT molecular complexity index is 797. The summed E-state index contributed by atoms with van der Waals surface area (Å²) in [6.07, 6.45) is 6.31. The maximum Gasteiger partial charge on any atom is 0.222 e. The number of nitrogen functional groups attached to an aromatic ring is 1. The number of fused-ring (bicyclic) bond motifs is 1. The number of nitrogens with two attached hydrogens (primary N) is 1. The van der Waals surface area contributed by atoms with Crippen LogP contribution in [0.1, 0.15) is 39.5 Å². The molecule has 0 aliphatic rings. The first kappa shape index (κ1) is 16.2. The molecule has 1 atom stereocenters. The zero-order valence-corrected chi connectivity index (χ0v) is 14.2. The summed E-state index contributed by atoms with van der Waals surface area (Å²) in [5.74, 6) is 1.11. The quantitative estimate of drug-likeness (QED) is 0.611. The SMILES string of the molecule is CCCCC(CC)Nc1nc(N)nc2cc(-c3ccn[nH]3)ccc12. The lowest BCUT2D eigenvalue weighted by Crippen LogP contribution is -2.19. The van der Waals surface area contributed by atoms with Crippen LogP contribution in [0.5, 0.6) is 0 Å². The number of nitrogens with zero attached hydrogens (tertiary/aromatic N) is 3. The molecule has 0 spiro atoms. The molecular weight excluding hydrogens is 300 g/mol. The molecule has 3 rings (SSSR count). The molecule has 1 aromatic carbocycles. The van der Waals surface area contributed by atoms with E-state index in [1.807, 2.05) is 24.3 Å². The fourth-order valence-corrected chi connectivity index (χ4v) is 2.86. The van der Waals surface area contributed by atoms with Gasteiger partial charge in [0.05, 0.1) is 11.2 Å². The molecule has 0 aliphatic carbocycles. The third-order valence-corrected chi connectivity index (χ3v) is 4.27. The Morgan fingerprint density at radius 1 is 1.21 bits per heavy atom. The molecule has 1 unspecified atom stereocenters. The number of rotatable bonds is 7. The molecule has 3 aromatic rings. The minimum Gasteiger partial charge on any atom is -0.368 e. The zero-order valence-electron chi connectivity index (χ0n) is 14.2. The van der Waals surface area contributed by atoms with E-state index in [2.05, 4.69) is 39.3 Å². The Morgan fingerprint density at radius 2 is 2.08 bits per heavy atom. The van der Waals surface area contributed by atoms with Gasteiger partial charge in [0.1, 0.15) is 5.82 Å². The summed E-state index contributed by atoms with van der Waals surface area (Å²) in [7, 11) is 0. The van der Waals surface area contributed by atoms with E-state index in [1.165, 1.54) is 12.8 Å². The third-order valence-electron chi connectivity index (χ3n) is 4.27. The number of aromatic nitrogens is 4. The molecule has 4 N–H and O–H groups in total. The number of nitrogens with one attached hydrogen (secondary N) is 2. The standard InChI is InChI=1S/C18H24N6/c1-3-5-6-13(4-2)21-17-14-8-7-12(15-9-10-20-24-15)11-16(14)22-18(19)23-17/h7-11,13H,3-6H2,1-2H3,(H,20,24)(H3,19,21,22,23). The van der Waals surface area contributed by atoms with Crippen LogP contribution in [0.3, 0.4) is 0 Å². The van der Waals surface area contributed by atoms with Gasteiger partial charge in [0.15, 0.2) is 0 Å². The van der Waals surface area contributed by atoms with Gasteiger partial charge in [-0.1, -0.05) is 32.8 Å². The highest BCUT2D eigenvalue weighted by Gasteiger charge is 2.12. The average molecular weight is 324 g/mol. The van der Waals surface area contributed by atoms with Crippen molar-refractivity contribution in [2.24, 2.45) is 0 Å². The summed E-state index contributed by atoms with van der Waals surface area (Å²) >= 11 is 0. The second-order valence-corrected chi connectivity index (χ2v) is 6.02. The summed E-state index contributed by atoms with van der Waals surface area (Å²) in [6, 6.07) is 8.43. The van der Waals surface area contributed by atoms with Crippen LogP contribution >= 0.6 is 0 Å². The molecule has 126 valence electrons. The first-order valence-corrected chi connectivity index (χ1v) is 8.54. The summed E-state index contributed by atoms with van der Waals surface area (Å²) in [4.78, 5) is 8.82. The minimum atomic E-state index is 0.289. The number of H-pyrrole nitrogens is 1. The van der Waals surface area contributed by atoms with Gasteiger partial charge in [-0.2, -0.15) is 10.1 Å². The van der Waals surface area contributed by atoms with Crippen LogP contribution in [0.2, 0.25) is 0 Å². The molecule has 6 heteroatoms. The van der Waals surface area contributed by atoms with Crippen molar-refractivity contribution in [2.45, 2.75) is 45.6 Å². The summed E-state index contributed by atoms with van der Waals surface area (Å²) in [5.41, 5.74) is 8.75. The maximum absolute atomic E-state index is 5.93. The highest BCUT2D eigenvalue weighted by atomic mass is 15.1. The molecule has 0 saturated carbocycles. The van der Waals surface area contributed by atoms with E-state index in [4.69, 9.17) is 5.73 Å². The van der Waals surface area contributed by atoms with Gasteiger partial charge in [-0.25, -0.2) is 4.98 Å². The Balaban J connectivity index is 1.96. The van der Waals surface area contributed by atoms with E-state index in [1.54, 1.807) is 6.20 Å². The number of aromatic amines is 1.